The van der Waals surface area contributed by atoms with Crippen molar-refractivity contribution in [1.82, 2.24) is 9.88 Å². The number of nitrogens with one attached hydrogen (secondary N) is 1. The van der Waals surface area contributed by atoms with Gasteiger partial charge < -0.3 is 19.0 Å². The number of benzene rings is 2. The van der Waals surface area contributed by atoms with Crippen molar-refractivity contribution in [3.63, 3.8) is 0 Å². The molecule has 8 nitrogen and oxygen atoms in total. The van der Waals surface area contributed by atoms with Gasteiger partial charge in [-0.2, -0.15) is 0 Å². The van der Waals surface area contributed by atoms with Crippen LogP contribution in [0.25, 0.3) is 10.9 Å². The van der Waals surface area contributed by atoms with Crippen molar-refractivity contribution in [2.45, 2.75) is 18.9 Å². The van der Waals surface area contributed by atoms with Crippen LogP contribution >= 0.6 is 0 Å². The summed E-state index contributed by atoms with van der Waals surface area (Å²) in [6.07, 6.45) is 3.74. The first-order chi connectivity index (χ1) is 16.6. The molecule has 1 aliphatic rings. The van der Waals surface area contributed by atoms with Crippen molar-refractivity contribution in [2.75, 3.05) is 18.6 Å². The predicted molar refractivity (Wildman–Crippen MR) is 126 cm³/mol. The van der Waals surface area contributed by atoms with Crippen LogP contribution < -0.4 is 9.64 Å². The Bertz CT molecular complexity index is 1340. The number of rotatable bonds is 7. The number of imide groups is 1. The topological polar surface area (TPSA) is 95.8 Å². The highest BCUT2D eigenvalue weighted by Gasteiger charge is 2.44. The van der Waals surface area contributed by atoms with E-state index in [1.807, 2.05) is 30.5 Å². The summed E-state index contributed by atoms with van der Waals surface area (Å²) in [5.74, 6) is -0.471. The lowest BCUT2D eigenvalue weighted by molar-refractivity contribution is -0.122. The van der Waals surface area contributed by atoms with Gasteiger partial charge in [0, 0.05) is 23.6 Å². The minimum absolute atomic E-state index is 0.0921. The van der Waals surface area contributed by atoms with E-state index in [1.54, 1.807) is 43.5 Å². The summed E-state index contributed by atoms with van der Waals surface area (Å²) in [5, 5.41) is 1.06. The Labute approximate surface area is 195 Å². The largest absolute Gasteiger partial charge is 0.497 e. The van der Waals surface area contributed by atoms with E-state index in [0.29, 0.717) is 17.9 Å². The second-order valence-corrected chi connectivity index (χ2v) is 8.07. The molecule has 1 saturated heterocycles. The lowest BCUT2D eigenvalue weighted by Gasteiger charge is -2.27. The Morgan fingerprint density at radius 3 is 2.65 bits per heavy atom. The highest BCUT2D eigenvalue weighted by atomic mass is 16.5. The summed E-state index contributed by atoms with van der Waals surface area (Å²) in [7, 11) is 1.54. The highest BCUT2D eigenvalue weighted by molar-refractivity contribution is 6.23. The lowest BCUT2D eigenvalue weighted by Crippen LogP contribution is -2.46. The number of ether oxygens (including phenoxy) is 1. The average molecular weight is 457 g/mol. The Morgan fingerprint density at radius 1 is 1.12 bits per heavy atom. The quantitative estimate of drug-likeness (QED) is 0.426. The number of para-hydroxylation sites is 1. The number of aromatic nitrogens is 1. The van der Waals surface area contributed by atoms with E-state index in [1.165, 1.54) is 11.2 Å². The summed E-state index contributed by atoms with van der Waals surface area (Å²) < 4.78 is 10.5. The van der Waals surface area contributed by atoms with Crippen LogP contribution in [0, 0.1) is 0 Å². The first-order valence-electron chi connectivity index (χ1n) is 11.0. The number of hydrogen-bond donors (Lipinski definition) is 1. The molecule has 1 unspecified atom stereocenters. The molecule has 0 bridgehead atoms. The average Bonchev–Trinajstić information content (AvgIpc) is 3.60. The van der Waals surface area contributed by atoms with Gasteiger partial charge in [0.2, 0.25) is 5.91 Å². The zero-order valence-electron chi connectivity index (χ0n) is 18.6. The molecule has 1 aliphatic heterocycles. The van der Waals surface area contributed by atoms with Gasteiger partial charge >= 0.3 is 0 Å². The molecule has 5 rings (SSSR count). The van der Waals surface area contributed by atoms with Gasteiger partial charge in [0.05, 0.1) is 25.5 Å². The Morgan fingerprint density at radius 2 is 1.91 bits per heavy atom. The third kappa shape index (κ3) is 3.83. The number of nitrogens with zero attached hydrogens (tertiary/aromatic N) is 2. The molecule has 0 radical (unpaired) electrons. The zero-order valence-corrected chi connectivity index (χ0v) is 18.6. The van der Waals surface area contributed by atoms with Crippen molar-refractivity contribution in [3.05, 3.63) is 84.4 Å². The van der Waals surface area contributed by atoms with Crippen molar-refractivity contribution in [2.24, 2.45) is 0 Å². The first kappa shape index (κ1) is 21.5. The predicted octanol–water partition coefficient (Wildman–Crippen LogP) is 3.79. The SMILES string of the molecule is COc1ccc(N2C(=O)CC(N(CCc3c[nH]c4ccccc34)C(=O)c3ccco3)C2=O)cc1. The van der Waals surface area contributed by atoms with E-state index < -0.39 is 17.9 Å². The number of methoxy groups -OCH3 is 1. The van der Waals surface area contributed by atoms with Gasteiger partial charge in [-0.1, -0.05) is 18.2 Å². The van der Waals surface area contributed by atoms with Crippen LogP contribution in [0.2, 0.25) is 0 Å². The van der Waals surface area contributed by atoms with Gasteiger partial charge in [0.15, 0.2) is 5.76 Å². The number of fused-ring (bicyclic) bond motifs is 1. The highest BCUT2D eigenvalue weighted by Crippen LogP contribution is 2.29. The molecule has 4 aromatic rings. The van der Waals surface area contributed by atoms with Crippen molar-refractivity contribution in [1.29, 1.82) is 0 Å². The smallest absolute Gasteiger partial charge is 0.290 e. The lowest BCUT2D eigenvalue weighted by atomic mass is 10.1. The number of carbonyl (C=O) groups excluding carboxylic acids is 3. The van der Waals surface area contributed by atoms with E-state index >= 15 is 0 Å². The normalized spacial score (nSPS) is 15.8. The minimum atomic E-state index is -0.919. The van der Waals surface area contributed by atoms with Crippen LogP contribution in [0.5, 0.6) is 5.75 Å². The molecule has 1 atom stereocenters. The molecule has 2 aromatic carbocycles. The molecule has 0 saturated carbocycles. The maximum atomic E-state index is 13.4. The number of hydrogen-bond acceptors (Lipinski definition) is 5. The number of anilines is 1. The molecular formula is C26H23N3O5. The van der Waals surface area contributed by atoms with E-state index in [-0.39, 0.29) is 24.6 Å². The number of furan rings is 1. The summed E-state index contributed by atoms with van der Waals surface area (Å²) in [5.41, 5.74) is 2.47. The van der Waals surface area contributed by atoms with Gasteiger partial charge in [0.25, 0.3) is 11.8 Å². The van der Waals surface area contributed by atoms with Gasteiger partial charge in [0.1, 0.15) is 11.8 Å². The fraction of sp³-hybridized carbons (Fsp3) is 0.192. The van der Waals surface area contributed by atoms with E-state index in [2.05, 4.69) is 4.98 Å². The molecule has 3 heterocycles. The van der Waals surface area contributed by atoms with E-state index in [0.717, 1.165) is 21.4 Å². The van der Waals surface area contributed by atoms with Crippen LogP contribution in [0.1, 0.15) is 22.5 Å². The van der Waals surface area contributed by atoms with Gasteiger partial charge in [-0.3, -0.25) is 14.4 Å². The third-order valence-corrected chi connectivity index (χ3v) is 6.12. The van der Waals surface area contributed by atoms with Crippen LogP contribution in [-0.2, 0) is 16.0 Å². The van der Waals surface area contributed by atoms with Crippen LogP contribution in [0.15, 0.2) is 77.5 Å². The van der Waals surface area contributed by atoms with Gasteiger partial charge in [-0.05, 0) is 54.4 Å². The first-order valence-corrected chi connectivity index (χ1v) is 11.0. The minimum Gasteiger partial charge on any atom is -0.497 e. The van der Waals surface area contributed by atoms with Crippen molar-refractivity contribution >= 4 is 34.3 Å². The summed E-state index contributed by atoms with van der Waals surface area (Å²) >= 11 is 0. The Kier molecular flexibility index (Phi) is 5.63. The number of H-pyrrole nitrogens is 1. The standard InChI is InChI=1S/C26H23N3O5/c1-33-19-10-8-18(9-11-19)29-24(30)15-22(25(29)31)28(26(32)23-7-4-14-34-23)13-12-17-16-27-21-6-3-2-5-20(17)21/h2-11,14,16,22,27H,12-13,15H2,1H3. The fourth-order valence-electron chi connectivity index (χ4n) is 4.38. The third-order valence-electron chi connectivity index (χ3n) is 6.12. The van der Waals surface area contributed by atoms with Crippen LogP contribution in [0.4, 0.5) is 5.69 Å². The molecule has 0 spiro atoms. The summed E-state index contributed by atoms with van der Waals surface area (Å²) in [6, 6.07) is 16.8. The second kappa shape index (κ2) is 8.90. The summed E-state index contributed by atoms with van der Waals surface area (Å²) in [6.45, 7) is 0.252. The molecule has 2 aromatic heterocycles. The fourth-order valence-corrected chi connectivity index (χ4v) is 4.38. The maximum Gasteiger partial charge on any atom is 0.290 e. The summed E-state index contributed by atoms with van der Waals surface area (Å²) in [4.78, 5) is 45.4. The number of carbonyl (C=O) groups is 3. The zero-order chi connectivity index (χ0) is 23.7. The Balaban J connectivity index is 1.43. The molecular weight excluding hydrogens is 434 g/mol. The Hall–Kier alpha value is -4.33. The van der Waals surface area contributed by atoms with Crippen LogP contribution in [0.3, 0.4) is 0 Å². The number of aromatic amines is 1. The molecule has 1 N–H and O–H groups in total. The van der Waals surface area contributed by atoms with E-state index in [4.69, 9.17) is 9.15 Å². The molecule has 0 aliphatic carbocycles. The number of amides is 3. The van der Waals surface area contributed by atoms with Crippen molar-refractivity contribution in [3.8, 4) is 5.75 Å². The molecule has 8 heteroatoms. The molecule has 172 valence electrons. The molecule has 3 amide bonds. The molecule has 1 fully saturated rings. The molecule has 34 heavy (non-hydrogen) atoms. The van der Waals surface area contributed by atoms with Gasteiger partial charge in [-0.25, -0.2) is 4.90 Å². The second-order valence-electron chi connectivity index (χ2n) is 8.07. The van der Waals surface area contributed by atoms with Gasteiger partial charge in [-0.15, -0.1) is 0 Å². The maximum absolute atomic E-state index is 13.4. The van der Waals surface area contributed by atoms with Crippen molar-refractivity contribution < 1.29 is 23.5 Å². The monoisotopic (exact) mass is 457 g/mol. The van der Waals surface area contributed by atoms with E-state index in [9.17, 15) is 14.4 Å². The van der Waals surface area contributed by atoms with Crippen LogP contribution in [-0.4, -0.2) is 47.3 Å².